The zero-order chi connectivity index (χ0) is 17.6. The molecule has 0 saturated carbocycles. The quantitative estimate of drug-likeness (QED) is 0.694. The molecule has 0 spiro atoms. The summed E-state index contributed by atoms with van der Waals surface area (Å²) in [5, 5.41) is 0.317. The van der Waals surface area contributed by atoms with Gasteiger partial charge in [-0.05, 0) is 18.6 Å². The van der Waals surface area contributed by atoms with Crippen LogP contribution in [-0.2, 0) is 19.4 Å². The summed E-state index contributed by atoms with van der Waals surface area (Å²) >= 11 is 7.15. The summed E-state index contributed by atoms with van der Waals surface area (Å²) in [6, 6.07) is 6.72. The predicted octanol–water partition coefficient (Wildman–Crippen LogP) is 0.786. The zero-order valence-electron chi connectivity index (χ0n) is 12.7. The fourth-order valence-electron chi connectivity index (χ4n) is 2.00. The smallest absolute Gasteiger partial charge is 0.276 e. The molecule has 10 heteroatoms. The monoisotopic (exact) mass is 392 g/mol. The van der Waals surface area contributed by atoms with E-state index in [1.54, 1.807) is 24.3 Å². The van der Waals surface area contributed by atoms with Gasteiger partial charge in [0, 0.05) is 5.25 Å². The van der Waals surface area contributed by atoms with Crippen molar-refractivity contribution in [2.45, 2.75) is 11.7 Å². The van der Waals surface area contributed by atoms with Crippen LogP contribution in [0.15, 0.2) is 24.3 Å². The molecule has 2 amide bonds. The molecule has 2 N–H and O–H groups in total. The van der Waals surface area contributed by atoms with Gasteiger partial charge < -0.3 is 4.74 Å². The molecule has 0 unspecified atom stereocenters. The number of hydrogen-bond donors (Lipinski definition) is 2. The summed E-state index contributed by atoms with van der Waals surface area (Å²) in [4.78, 5) is 23.2. The Balaban J connectivity index is 1.63. The van der Waals surface area contributed by atoms with Crippen LogP contribution >= 0.6 is 23.4 Å². The van der Waals surface area contributed by atoms with Crippen LogP contribution in [-0.4, -0.2) is 49.3 Å². The molecule has 132 valence electrons. The lowest BCUT2D eigenvalue weighted by atomic mass is 10.3. The van der Waals surface area contributed by atoms with Crippen molar-refractivity contribution in [1.29, 1.82) is 0 Å². The fourth-order valence-corrected chi connectivity index (χ4v) is 5.64. The Bertz CT molecular complexity index is 711. The second-order valence-corrected chi connectivity index (χ2v) is 9.08. The van der Waals surface area contributed by atoms with Crippen LogP contribution in [0, 0.1) is 0 Å². The number of halogens is 1. The van der Waals surface area contributed by atoms with Gasteiger partial charge in [-0.15, -0.1) is 11.8 Å². The number of hydrazine groups is 1. The van der Waals surface area contributed by atoms with E-state index in [0.717, 1.165) is 0 Å². The maximum atomic E-state index is 11.6. The Morgan fingerprint density at radius 3 is 2.62 bits per heavy atom. The maximum absolute atomic E-state index is 11.6. The molecular formula is C14H17ClN2O5S2. The Kier molecular flexibility index (Phi) is 6.76. The van der Waals surface area contributed by atoms with Crippen LogP contribution in [0.1, 0.15) is 6.42 Å². The average Bonchev–Trinajstić information content (AvgIpc) is 2.89. The molecule has 0 aliphatic carbocycles. The van der Waals surface area contributed by atoms with Crippen molar-refractivity contribution in [3.05, 3.63) is 29.3 Å². The van der Waals surface area contributed by atoms with Crippen LogP contribution in [0.3, 0.4) is 0 Å². The third-order valence-electron chi connectivity index (χ3n) is 3.18. The third-order valence-corrected chi connectivity index (χ3v) is 6.77. The molecular weight excluding hydrogens is 376 g/mol. The van der Waals surface area contributed by atoms with Crippen LogP contribution < -0.4 is 15.6 Å². The summed E-state index contributed by atoms with van der Waals surface area (Å²) in [5.74, 6) is -0.220. The molecule has 2 rings (SSSR count). The summed E-state index contributed by atoms with van der Waals surface area (Å²) in [6.45, 7) is -0.294. The maximum Gasteiger partial charge on any atom is 0.276 e. The van der Waals surface area contributed by atoms with Gasteiger partial charge in [0.1, 0.15) is 5.75 Å². The predicted molar refractivity (Wildman–Crippen MR) is 92.7 cm³/mol. The number of carbonyl (C=O) groups excluding carboxylic acids is 2. The second-order valence-electron chi connectivity index (χ2n) is 5.15. The first kappa shape index (κ1) is 18.9. The van der Waals surface area contributed by atoms with Crippen molar-refractivity contribution < 1.29 is 22.7 Å². The molecule has 1 fully saturated rings. The van der Waals surface area contributed by atoms with E-state index in [-0.39, 0.29) is 29.1 Å². The van der Waals surface area contributed by atoms with E-state index in [1.165, 1.54) is 11.8 Å². The largest absolute Gasteiger partial charge is 0.482 e. The molecule has 1 aliphatic heterocycles. The van der Waals surface area contributed by atoms with Crippen molar-refractivity contribution in [3.8, 4) is 5.75 Å². The molecule has 1 saturated heterocycles. The lowest BCUT2D eigenvalue weighted by Crippen LogP contribution is -2.44. The standard InChI is InChI=1S/C14H17ClN2O5S2/c15-11-3-1-2-4-12(11)22-7-13(18)16-17-14(19)8-23-10-5-6-24(20,21)9-10/h1-4,10H,5-9H2,(H,16,18)(H,17,19)/t10-/m0/s1. The molecule has 0 aromatic heterocycles. The lowest BCUT2D eigenvalue weighted by molar-refractivity contribution is -0.128. The number of nitrogens with one attached hydrogen (secondary N) is 2. The highest BCUT2D eigenvalue weighted by atomic mass is 35.5. The summed E-state index contributed by atoms with van der Waals surface area (Å²) in [6.07, 6.45) is 0.554. The Morgan fingerprint density at radius 2 is 1.96 bits per heavy atom. The SMILES string of the molecule is O=C(COc1ccccc1Cl)NNC(=O)CS[C@H]1CCS(=O)(=O)C1. The van der Waals surface area contributed by atoms with E-state index < -0.39 is 21.7 Å². The normalized spacial score (nSPS) is 18.8. The van der Waals surface area contributed by atoms with Gasteiger partial charge in [-0.25, -0.2) is 8.42 Å². The average molecular weight is 393 g/mol. The van der Waals surface area contributed by atoms with E-state index in [4.69, 9.17) is 16.3 Å². The minimum absolute atomic E-state index is 0.0694. The first-order valence-electron chi connectivity index (χ1n) is 7.13. The first-order valence-corrected chi connectivity index (χ1v) is 10.4. The molecule has 1 aromatic rings. The highest BCUT2D eigenvalue weighted by Crippen LogP contribution is 2.24. The Morgan fingerprint density at radius 1 is 1.25 bits per heavy atom. The van der Waals surface area contributed by atoms with Gasteiger partial charge in [-0.3, -0.25) is 20.4 Å². The van der Waals surface area contributed by atoms with Gasteiger partial charge in [0.25, 0.3) is 5.91 Å². The number of sulfone groups is 1. The van der Waals surface area contributed by atoms with Crippen molar-refractivity contribution in [2.24, 2.45) is 0 Å². The molecule has 0 radical (unpaired) electrons. The van der Waals surface area contributed by atoms with E-state index in [0.29, 0.717) is 17.2 Å². The lowest BCUT2D eigenvalue weighted by Gasteiger charge is -2.10. The number of rotatable bonds is 6. The number of hydrogen-bond acceptors (Lipinski definition) is 6. The number of benzene rings is 1. The molecule has 1 heterocycles. The number of amides is 2. The van der Waals surface area contributed by atoms with Gasteiger partial charge in [0.05, 0.1) is 22.3 Å². The minimum Gasteiger partial charge on any atom is -0.482 e. The van der Waals surface area contributed by atoms with Gasteiger partial charge in [0.15, 0.2) is 16.4 Å². The molecule has 1 aliphatic rings. The first-order chi connectivity index (χ1) is 11.4. The van der Waals surface area contributed by atoms with Crippen LogP contribution in [0.25, 0.3) is 0 Å². The highest BCUT2D eigenvalue weighted by molar-refractivity contribution is 8.02. The Hall–Kier alpha value is -1.45. The van der Waals surface area contributed by atoms with E-state index in [9.17, 15) is 18.0 Å². The Labute approximate surface area is 149 Å². The van der Waals surface area contributed by atoms with Gasteiger partial charge in [-0.1, -0.05) is 23.7 Å². The van der Waals surface area contributed by atoms with Crippen LogP contribution in [0.2, 0.25) is 5.02 Å². The van der Waals surface area contributed by atoms with E-state index in [1.807, 2.05) is 0 Å². The zero-order valence-corrected chi connectivity index (χ0v) is 15.0. The van der Waals surface area contributed by atoms with Crippen molar-refractivity contribution in [1.82, 2.24) is 10.9 Å². The molecule has 1 atom stereocenters. The third kappa shape index (κ3) is 6.21. The number of para-hydroxylation sites is 1. The highest BCUT2D eigenvalue weighted by Gasteiger charge is 2.28. The summed E-state index contributed by atoms with van der Waals surface area (Å²) in [7, 11) is -2.96. The molecule has 24 heavy (non-hydrogen) atoms. The summed E-state index contributed by atoms with van der Waals surface area (Å²) in [5.41, 5.74) is 4.48. The van der Waals surface area contributed by atoms with Gasteiger partial charge >= 0.3 is 0 Å². The number of carbonyl (C=O) groups is 2. The molecule has 0 bridgehead atoms. The van der Waals surface area contributed by atoms with Crippen LogP contribution in [0.4, 0.5) is 0 Å². The second kappa shape index (κ2) is 8.59. The molecule has 1 aromatic carbocycles. The van der Waals surface area contributed by atoms with Crippen molar-refractivity contribution >= 4 is 45.0 Å². The summed E-state index contributed by atoms with van der Waals surface area (Å²) < 4.78 is 27.9. The van der Waals surface area contributed by atoms with E-state index >= 15 is 0 Å². The fraction of sp³-hybridized carbons (Fsp3) is 0.429. The number of thioether (sulfide) groups is 1. The van der Waals surface area contributed by atoms with Gasteiger partial charge in [-0.2, -0.15) is 0 Å². The molecule has 7 nitrogen and oxygen atoms in total. The van der Waals surface area contributed by atoms with Crippen molar-refractivity contribution in [2.75, 3.05) is 23.9 Å². The minimum atomic E-state index is -2.96. The van der Waals surface area contributed by atoms with Gasteiger partial charge in [0.2, 0.25) is 5.91 Å². The topological polar surface area (TPSA) is 102 Å². The number of ether oxygens (including phenoxy) is 1. The van der Waals surface area contributed by atoms with Crippen molar-refractivity contribution in [3.63, 3.8) is 0 Å². The van der Waals surface area contributed by atoms with E-state index in [2.05, 4.69) is 10.9 Å². The van der Waals surface area contributed by atoms with Crippen LogP contribution in [0.5, 0.6) is 5.75 Å².